The molecule has 0 amide bonds. The minimum absolute atomic E-state index is 0.0284. The number of fused-ring (bicyclic) bond motifs is 1. The molecule has 1 aliphatic heterocycles. The zero-order valence-electron chi connectivity index (χ0n) is 12.0. The van der Waals surface area contributed by atoms with Crippen LogP contribution in [0.15, 0.2) is 11.1 Å². The first kappa shape index (κ1) is 15.4. The van der Waals surface area contributed by atoms with Gasteiger partial charge in [0.15, 0.2) is 23.0 Å². The number of aromatic nitrogens is 4. The predicted octanol–water partition coefficient (Wildman–Crippen LogP) is -1.11. The number of hydrogen-bond donors (Lipinski definition) is 4. The van der Waals surface area contributed by atoms with Gasteiger partial charge in [-0.25, -0.2) is 9.37 Å². The number of nitrogens with zero attached hydrogens (tertiary/aromatic N) is 3. The lowest BCUT2D eigenvalue weighted by Crippen LogP contribution is -2.43. The lowest BCUT2D eigenvalue weighted by atomic mass is 9.86. The fourth-order valence-corrected chi connectivity index (χ4v) is 2.67. The van der Waals surface area contributed by atoms with Gasteiger partial charge >= 0.3 is 0 Å². The van der Waals surface area contributed by atoms with Crippen molar-refractivity contribution in [2.75, 3.05) is 12.3 Å². The summed E-state index contributed by atoms with van der Waals surface area (Å²) >= 11 is 0. The fourth-order valence-electron chi connectivity index (χ4n) is 2.67. The van der Waals surface area contributed by atoms with Gasteiger partial charge in [0.2, 0.25) is 11.8 Å². The largest absolute Gasteiger partial charge is 0.390 e. The molecule has 1 fully saturated rings. The van der Waals surface area contributed by atoms with E-state index in [9.17, 15) is 19.4 Å². The maximum Gasteiger partial charge on any atom is 0.280 e. The number of anilines is 1. The number of rotatable bonds is 2. The number of terminal acetylenes is 1. The number of nitrogens with one attached hydrogen (secondary N) is 1. The fraction of sp³-hybridized carbons (Fsp3) is 0.462. The van der Waals surface area contributed by atoms with Crippen molar-refractivity contribution in [1.29, 1.82) is 0 Å². The van der Waals surface area contributed by atoms with E-state index in [0.29, 0.717) is 0 Å². The minimum Gasteiger partial charge on any atom is -0.390 e. The van der Waals surface area contributed by atoms with E-state index in [2.05, 4.69) is 20.9 Å². The molecule has 1 saturated heterocycles. The lowest BCUT2D eigenvalue weighted by Gasteiger charge is -2.27. The third-order valence-corrected chi connectivity index (χ3v) is 4.14. The van der Waals surface area contributed by atoms with Crippen LogP contribution in [-0.2, 0) is 4.74 Å². The lowest BCUT2D eigenvalue weighted by molar-refractivity contribution is -0.192. The SMILES string of the molecule is C#C[C@]1(O)[C@H](n2cnc3c(=O)[nH]c(N)nc32)O[C@](F)(CO)[C@H]1C. The van der Waals surface area contributed by atoms with Gasteiger partial charge in [-0.2, -0.15) is 4.98 Å². The molecule has 0 saturated carbocycles. The molecule has 122 valence electrons. The van der Waals surface area contributed by atoms with Crippen molar-refractivity contribution in [3.63, 3.8) is 0 Å². The van der Waals surface area contributed by atoms with Crippen LogP contribution in [0.1, 0.15) is 13.2 Å². The summed E-state index contributed by atoms with van der Waals surface area (Å²) in [6.07, 6.45) is 5.05. The van der Waals surface area contributed by atoms with E-state index in [1.54, 1.807) is 0 Å². The highest BCUT2D eigenvalue weighted by Crippen LogP contribution is 2.49. The summed E-state index contributed by atoms with van der Waals surface area (Å²) in [6, 6.07) is 0. The monoisotopic (exact) mass is 323 g/mol. The first-order valence-corrected chi connectivity index (χ1v) is 6.67. The number of hydrogen-bond acceptors (Lipinski definition) is 7. The van der Waals surface area contributed by atoms with Crippen molar-refractivity contribution < 1.29 is 19.3 Å². The van der Waals surface area contributed by atoms with E-state index >= 15 is 0 Å². The molecule has 2 aromatic heterocycles. The van der Waals surface area contributed by atoms with Gasteiger partial charge in [0.1, 0.15) is 6.61 Å². The Morgan fingerprint density at radius 3 is 3.00 bits per heavy atom. The van der Waals surface area contributed by atoms with Crippen LogP contribution in [0.2, 0.25) is 0 Å². The Balaban J connectivity index is 2.22. The third kappa shape index (κ3) is 1.94. The highest BCUT2D eigenvalue weighted by atomic mass is 19.2. The van der Waals surface area contributed by atoms with Crippen LogP contribution in [0.3, 0.4) is 0 Å². The molecule has 0 spiro atoms. The number of nitrogens with two attached hydrogens (primary N) is 1. The van der Waals surface area contributed by atoms with Crippen LogP contribution in [-0.4, -0.2) is 47.8 Å². The Bertz CT molecular complexity index is 873. The number of H-pyrrole nitrogens is 1. The molecule has 4 atom stereocenters. The first-order chi connectivity index (χ1) is 10.8. The van der Waals surface area contributed by atoms with Crippen LogP contribution >= 0.6 is 0 Å². The van der Waals surface area contributed by atoms with Crippen molar-refractivity contribution in [3.8, 4) is 12.3 Å². The number of alkyl halides is 1. The van der Waals surface area contributed by atoms with Gasteiger partial charge < -0.3 is 20.7 Å². The molecule has 3 rings (SSSR count). The molecule has 9 nitrogen and oxygen atoms in total. The van der Waals surface area contributed by atoms with Crippen LogP contribution in [0.5, 0.6) is 0 Å². The molecule has 0 aliphatic carbocycles. The van der Waals surface area contributed by atoms with Crippen molar-refractivity contribution in [3.05, 3.63) is 16.7 Å². The maximum atomic E-state index is 14.6. The molecule has 23 heavy (non-hydrogen) atoms. The Hall–Kier alpha value is -2.48. The average molecular weight is 323 g/mol. The minimum atomic E-state index is -2.56. The summed E-state index contributed by atoms with van der Waals surface area (Å²) in [6.45, 7) is 0.307. The van der Waals surface area contributed by atoms with Crippen LogP contribution in [0.4, 0.5) is 10.3 Å². The van der Waals surface area contributed by atoms with Crippen molar-refractivity contribution in [2.24, 2.45) is 5.92 Å². The summed E-state index contributed by atoms with van der Waals surface area (Å²) in [5.41, 5.74) is 2.70. The topological polar surface area (TPSA) is 139 Å². The standard InChI is InChI=1S/C13H14FN5O4/c1-3-12(22)6(2)13(14,4-20)23-10(12)19-5-16-7-8(19)17-11(15)18-9(7)21/h1,5-6,10,20,22H,4H2,2H3,(H3,15,17,18,21)/t6-,10+,12+,13+/m0/s1. The van der Waals surface area contributed by atoms with Gasteiger partial charge in [-0.15, -0.1) is 6.42 Å². The highest BCUT2D eigenvalue weighted by Gasteiger charge is 2.62. The predicted molar refractivity (Wildman–Crippen MR) is 76.6 cm³/mol. The summed E-state index contributed by atoms with van der Waals surface area (Å²) in [5, 5.41) is 19.9. The van der Waals surface area contributed by atoms with Crippen molar-refractivity contribution in [2.45, 2.75) is 24.6 Å². The Kier molecular flexibility index (Phi) is 3.19. The molecule has 3 heterocycles. The second-order valence-corrected chi connectivity index (χ2v) is 5.38. The Morgan fingerprint density at radius 1 is 1.70 bits per heavy atom. The van der Waals surface area contributed by atoms with Crippen molar-refractivity contribution in [1.82, 2.24) is 19.5 Å². The second-order valence-electron chi connectivity index (χ2n) is 5.38. The quantitative estimate of drug-likeness (QED) is 0.514. The molecule has 10 heteroatoms. The van der Waals surface area contributed by atoms with Crippen LogP contribution < -0.4 is 11.3 Å². The molecule has 0 radical (unpaired) electrons. The van der Waals surface area contributed by atoms with E-state index in [-0.39, 0.29) is 17.1 Å². The van der Waals surface area contributed by atoms with Crippen LogP contribution in [0.25, 0.3) is 11.2 Å². The number of imidazole rings is 1. The Morgan fingerprint density at radius 2 is 2.39 bits per heavy atom. The van der Waals surface area contributed by atoms with E-state index in [0.717, 1.165) is 10.9 Å². The van der Waals surface area contributed by atoms with E-state index in [4.69, 9.17) is 16.9 Å². The van der Waals surface area contributed by atoms with E-state index in [1.165, 1.54) is 6.92 Å². The maximum absolute atomic E-state index is 14.6. The van der Waals surface area contributed by atoms with Gasteiger partial charge in [-0.3, -0.25) is 14.3 Å². The zero-order valence-corrected chi connectivity index (χ0v) is 12.0. The smallest absolute Gasteiger partial charge is 0.280 e. The molecule has 0 aromatic carbocycles. The third-order valence-electron chi connectivity index (χ3n) is 4.14. The van der Waals surface area contributed by atoms with Crippen LogP contribution in [0, 0.1) is 18.3 Å². The number of halogens is 1. The number of nitrogen functional groups attached to an aromatic ring is 1. The van der Waals surface area contributed by atoms with Gasteiger partial charge in [0.25, 0.3) is 5.56 Å². The highest BCUT2D eigenvalue weighted by molar-refractivity contribution is 5.70. The normalized spacial score (nSPS) is 33.9. The zero-order chi connectivity index (χ0) is 17.0. The molecule has 0 unspecified atom stereocenters. The number of aliphatic hydroxyl groups is 2. The molecular weight excluding hydrogens is 309 g/mol. The van der Waals surface area contributed by atoms with E-state index in [1.807, 2.05) is 0 Å². The molecule has 0 bridgehead atoms. The summed E-state index contributed by atoms with van der Waals surface area (Å²) in [4.78, 5) is 21.8. The van der Waals surface area contributed by atoms with Gasteiger partial charge in [0.05, 0.1) is 12.2 Å². The Labute approximate surface area is 128 Å². The molecule has 1 aliphatic rings. The summed E-state index contributed by atoms with van der Waals surface area (Å²) < 4.78 is 20.9. The summed E-state index contributed by atoms with van der Waals surface area (Å²) in [5.74, 6) is -1.89. The van der Waals surface area contributed by atoms with E-state index < -0.39 is 35.8 Å². The van der Waals surface area contributed by atoms with Gasteiger partial charge in [-0.05, 0) is 0 Å². The molecule has 5 N–H and O–H groups in total. The van der Waals surface area contributed by atoms with Gasteiger partial charge in [0, 0.05) is 0 Å². The first-order valence-electron chi connectivity index (χ1n) is 6.67. The second kappa shape index (κ2) is 4.76. The number of aromatic amines is 1. The summed E-state index contributed by atoms with van der Waals surface area (Å²) in [7, 11) is 0. The van der Waals surface area contributed by atoms with Gasteiger partial charge in [-0.1, -0.05) is 12.8 Å². The van der Waals surface area contributed by atoms with Crippen molar-refractivity contribution >= 4 is 17.1 Å². The molecular formula is C13H14FN5O4. The number of ether oxygens (including phenoxy) is 1. The molecule has 2 aromatic rings. The average Bonchev–Trinajstić information content (AvgIpc) is 3.01. The number of aliphatic hydroxyl groups excluding tert-OH is 1.